The standard InChI is InChI=1S/C25H27N5O2S2/c1-14(2)30-20(12-13-26-30)27-22(31)16(4)33-25-28-23-21(18-6-5-7-19(18)34-23)24(32)29(25)17-10-8-15(3)9-11-17/h8-14,16H,5-7H2,1-4H3,(H,27,31). The highest BCUT2D eigenvalue weighted by Gasteiger charge is 2.26. The number of aromatic nitrogens is 4. The number of aryl methyl sites for hydroxylation is 3. The van der Waals surface area contributed by atoms with E-state index in [0.717, 1.165) is 46.3 Å². The van der Waals surface area contributed by atoms with Crippen LogP contribution in [0.25, 0.3) is 15.9 Å². The first-order valence-electron chi connectivity index (χ1n) is 11.5. The quantitative estimate of drug-likeness (QED) is 0.297. The van der Waals surface area contributed by atoms with Gasteiger partial charge in [0.15, 0.2) is 5.16 Å². The van der Waals surface area contributed by atoms with E-state index in [0.29, 0.717) is 11.0 Å². The topological polar surface area (TPSA) is 81.8 Å². The molecule has 176 valence electrons. The summed E-state index contributed by atoms with van der Waals surface area (Å²) in [6.45, 7) is 7.88. The Morgan fingerprint density at radius 1 is 1.15 bits per heavy atom. The summed E-state index contributed by atoms with van der Waals surface area (Å²) in [4.78, 5) is 33.8. The Kier molecular flexibility index (Phi) is 6.07. The minimum atomic E-state index is -0.469. The van der Waals surface area contributed by atoms with Crippen molar-refractivity contribution in [2.45, 2.75) is 63.4 Å². The largest absolute Gasteiger partial charge is 0.310 e. The van der Waals surface area contributed by atoms with Gasteiger partial charge in [-0.15, -0.1) is 11.3 Å². The zero-order valence-electron chi connectivity index (χ0n) is 19.7. The Morgan fingerprint density at radius 3 is 2.65 bits per heavy atom. The summed E-state index contributed by atoms with van der Waals surface area (Å²) in [7, 11) is 0. The fraction of sp³-hybridized carbons (Fsp3) is 0.360. The zero-order chi connectivity index (χ0) is 24.0. The number of amides is 1. The van der Waals surface area contributed by atoms with Crippen molar-refractivity contribution >= 4 is 45.0 Å². The minimum Gasteiger partial charge on any atom is -0.310 e. The van der Waals surface area contributed by atoms with Crippen LogP contribution < -0.4 is 10.9 Å². The van der Waals surface area contributed by atoms with Gasteiger partial charge in [0, 0.05) is 17.0 Å². The predicted octanol–water partition coefficient (Wildman–Crippen LogP) is 5.14. The number of nitrogens with one attached hydrogen (secondary N) is 1. The first-order chi connectivity index (χ1) is 16.3. The van der Waals surface area contributed by atoms with Gasteiger partial charge in [-0.1, -0.05) is 29.5 Å². The summed E-state index contributed by atoms with van der Waals surface area (Å²) < 4.78 is 3.44. The number of carbonyl (C=O) groups is 1. The first-order valence-corrected chi connectivity index (χ1v) is 13.2. The van der Waals surface area contributed by atoms with Crippen LogP contribution in [0.2, 0.25) is 0 Å². The molecule has 7 nitrogen and oxygen atoms in total. The van der Waals surface area contributed by atoms with Crippen molar-refractivity contribution in [3.63, 3.8) is 0 Å². The molecule has 3 aromatic heterocycles. The lowest BCUT2D eigenvalue weighted by Crippen LogP contribution is -2.27. The van der Waals surface area contributed by atoms with Crippen LogP contribution in [0.4, 0.5) is 5.82 Å². The Morgan fingerprint density at radius 2 is 1.91 bits per heavy atom. The molecule has 1 aliphatic rings. The van der Waals surface area contributed by atoms with Crippen LogP contribution in [0.3, 0.4) is 0 Å². The van der Waals surface area contributed by atoms with Crippen molar-refractivity contribution in [1.29, 1.82) is 0 Å². The molecule has 1 unspecified atom stereocenters. The lowest BCUT2D eigenvalue weighted by Gasteiger charge is -2.17. The normalized spacial score (nSPS) is 14.0. The lowest BCUT2D eigenvalue weighted by molar-refractivity contribution is -0.115. The summed E-state index contributed by atoms with van der Waals surface area (Å²) in [5.74, 6) is 0.493. The summed E-state index contributed by atoms with van der Waals surface area (Å²) in [5, 5.41) is 8.05. The Balaban J connectivity index is 1.53. The van der Waals surface area contributed by atoms with Gasteiger partial charge in [-0.2, -0.15) is 5.10 Å². The van der Waals surface area contributed by atoms with E-state index >= 15 is 0 Å². The van der Waals surface area contributed by atoms with Gasteiger partial charge in [-0.3, -0.25) is 14.2 Å². The molecule has 9 heteroatoms. The van der Waals surface area contributed by atoms with E-state index in [2.05, 4.69) is 10.4 Å². The van der Waals surface area contributed by atoms with Crippen LogP contribution in [0.5, 0.6) is 0 Å². The second kappa shape index (κ2) is 9.03. The van der Waals surface area contributed by atoms with Crippen molar-refractivity contribution in [3.05, 3.63) is 62.9 Å². The molecule has 1 amide bonds. The van der Waals surface area contributed by atoms with Crippen LogP contribution in [0, 0.1) is 6.92 Å². The summed E-state index contributed by atoms with van der Waals surface area (Å²) in [5.41, 5.74) is 2.98. The molecule has 0 fully saturated rings. The van der Waals surface area contributed by atoms with Crippen LogP contribution in [-0.2, 0) is 17.6 Å². The fourth-order valence-corrected chi connectivity index (χ4v) is 6.52. The number of benzene rings is 1. The number of nitrogens with zero attached hydrogens (tertiary/aromatic N) is 4. The molecular weight excluding hydrogens is 466 g/mol. The van der Waals surface area contributed by atoms with Gasteiger partial charge in [0.05, 0.1) is 22.5 Å². The number of rotatable bonds is 6. The molecule has 1 atom stereocenters. The maximum Gasteiger partial charge on any atom is 0.267 e. The molecule has 5 rings (SSSR count). The monoisotopic (exact) mass is 493 g/mol. The number of fused-ring (bicyclic) bond motifs is 3. The van der Waals surface area contributed by atoms with Crippen molar-refractivity contribution in [2.24, 2.45) is 0 Å². The van der Waals surface area contributed by atoms with Gasteiger partial charge in [-0.25, -0.2) is 9.67 Å². The van der Waals surface area contributed by atoms with Crippen LogP contribution in [-0.4, -0.2) is 30.5 Å². The van der Waals surface area contributed by atoms with Crippen LogP contribution >= 0.6 is 23.1 Å². The summed E-state index contributed by atoms with van der Waals surface area (Å²) in [6, 6.07) is 9.77. The number of hydrogen-bond acceptors (Lipinski definition) is 6. The number of hydrogen-bond donors (Lipinski definition) is 1. The lowest BCUT2D eigenvalue weighted by atomic mass is 10.2. The molecule has 0 aliphatic heterocycles. The number of thioether (sulfide) groups is 1. The average molecular weight is 494 g/mol. The van der Waals surface area contributed by atoms with Gasteiger partial charge in [0.25, 0.3) is 5.56 Å². The van der Waals surface area contributed by atoms with Crippen LogP contribution in [0.15, 0.2) is 46.5 Å². The van der Waals surface area contributed by atoms with Crippen molar-refractivity contribution < 1.29 is 4.79 Å². The van der Waals surface area contributed by atoms with Gasteiger partial charge < -0.3 is 5.32 Å². The number of carbonyl (C=O) groups excluding carboxylic acids is 1. The highest BCUT2D eigenvalue weighted by molar-refractivity contribution is 8.00. The molecule has 1 aromatic carbocycles. The highest BCUT2D eigenvalue weighted by Crippen LogP contribution is 2.36. The third-order valence-corrected chi connectivity index (χ3v) is 8.30. The third kappa shape index (κ3) is 4.07. The van der Waals surface area contributed by atoms with Gasteiger partial charge in [0.1, 0.15) is 10.6 Å². The SMILES string of the molecule is Cc1ccc(-n2c(SC(C)C(=O)Nc3ccnn3C(C)C)nc3sc4c(c3c2=O)CCC4)cc1. The summed E-state index contributed by atoms with van der Waals surface area (Å²) in [6.07, 6.45) is 4.69. The molecule has 0 saturated carbocycles. The molecule has 1 aliphatic carbocycles. The van der Waals surface area contributed by atoms with E-state index in [1.165, 1.54) is 16.6 Å². The van der Waals surface area contributed by atoms with Gasteiger partial charge in [-0.05, 0) is 64.7 Å². The molecule has 1 N–H and O–H groups in total. The van der Waals surface area contributed by atoms with E-state index in [4.69, 9.17) is 4.98 Å². The second-order valence-electron chi connectivity index (χ2n) is 8.91. The predicted molar refractivity (Wildman–Crippen MR) is 139 cm³/mol. The number of anilines is 1. The van der Waals surface area contributed by atoms with Gasteiger partial charge in [0.2, 0.25) is 5.91 Å². The zero-order valence-corrected chi connectivity index (χ0v) is 21.3. The summed E-state index contributed by atoms with van der Waals surface area (Å²) >= 11 is 2.92. The molecule has 0 bridgehead atoms. The first kappa shape index (κ1) is 22.9. The molecular formula is C25H27N5O2S2. The highest BCUT2D eigenvalue weighted by atomic mass is 32.2. The molecule has 0 saturated heterocycles. The van der Waals surface area contributed by atoms with E-state index < -0.39 is 5.25 Å². The molecule has 3 heterocycles. The van der Waals surface area contributed by atoms with E-state index in [1.807, 2.05) is 52.0 Å². The molecule has 0 radical (unpaired) electrons. The Hall–Kier alpha value is -2.91. The fourth-order valence-electron chi connectivity index (χ4n) is 4.29. The van der Waals surface area contributed by atoms with E-state index in [1.54, 1.807) is 32.8 Å². The molecule has 34 heavy (non-hydrogen) atoms. The van der Waals surface area contributed by atoms with Crippen molar-refractivity contribution in [2.75, 3.05) is 5.32 Å². The van der Waals surface area contributed by atoms with E-state index in [-0.39, 0.29) is 17.5 Å². The van der Waals surface area contributed by atoms with E-state index in [9.17, 15) is 9.59 Å². The Bertz CT molecular complexity index is 1430. The van der Waals surface area contributed by atoms with Crippen molar-refractivity contribution in [1.82, 2.24) is 19.3 Å². The Labute approximate surface area is 206 Å². The smallest absolute Gasteiger partial charge is 0.267 e. The number of thiophene rings is 1. The van der Waals surface area contributed by atoms with Crippen molar-refractivity contribution in [3.8, 4) is 5.69 Å². The molecule has 0 spiro atoms. The second-order valence-corrected chi connectivity index (χ2v) is 11.3. The van der Waals surface area contributed by atoms with Crippen LogP contribution in [0.1, 0.15) is 49.2 Å². The minimum absolute atomic E-state index is 0.0544. The maximum atomic E-state index is 13.8. The maximum absolute atomic E-state index is 13.8. The average Bonchev–Trinajstić information content (AvgIpc) is 3.51. The van der Waals surface area contributed by atoms with Gasteiger partial charge >= 0.3 is 0 Å². The molecule has 4 aromatic rings. The third-order valence-electron chi connectivity index (χ3n) is 6.06.